The van der Waals surface area contributed by atoms with Gasteiger partial charge in [-0.15, -0.1) is 0 Å². The Balaban J connectivity index is 1.58. The van der Waals surface area contributed by atoms with Crippen LogP contribution in [0.4, 0.5) is 5.69 Å². The van der Waals surface area contributed by atoms with Crippen molar-refractivity contribution < 1.29 is 14.6 Å². The van der Waals surface area contributed by atoms with Gasteiger partial charge in [0.1, 0.15) is 11.2 Å². The van der Waals surface area contributed by atoms with Crippen LogP contribution in [-0.4, -0.2) is 38.8 Å². The number of hydrogen-bond acceptors (Lipinski definition) is 5. The van der Waals surface area contributed by atoms with E-state index in [1.54, 1.807) is 6.20 Å². The van der Waals surface area contributed by atoms with Gasteiger partial charge >= 0.3 is 5.97 Å². The zero-order valence-corrected chi connectivity index (χ0v) is 15.0. The lowest BCUT2D eigenvalue weighted by Gasteiger charge is -2.60. The molecule has 0 radical (unpaired) electrons. The first-order valence-electron chi connectivity index (χ1n) is 9.63. The SMILES string of the molecule is CCOC(=O)c1cnc2[nH]ccc2c1NC12CC3CC(CC(O)(C3)C1)C2. The number of nitrogens with zero attached hydrogens (tertiary/aromatic N) is 1. The van der Waals surface area contributed by atoms with E-state index < -0.39 is 5.60 Å². The molecule has 4 fully saturated rings. The lowest BCUT2D eigenvalue weighted by atomic mass is 9.51. The van der Waals surface area contributed by atoms with Crippen LogP contribution in [0.3, 0.4) is 0 Å². The summed E-state index contributed by atoms with van der Waals surface area (Å²) in [6, 6.07) is 1.95. The molecule has 26 heavy (non-hydrogen) atoms. The molecule has 4 saturated carbocycles. The van der Waals surface area contributed by atoms with Crippen LogP contribution in [0.2, 0.25) is 0 Å². The van der Waals surface area contributed by atoms with Gasteiger partial charge < -0.3 is 20.1 Å². The van der Waals surface area contributed by atoms with Crippen molar-refractivity contribution in [1.29, 1.82) is 0 Å². The normalized spacial score (nSPS) is 35.0. The molecule has 2 aromatic rings. The van der Waals surface area contributed by atoms with E-state index in [0.717, 1.165) is 48.8 Å². The molecule has 4 bridgehead atoms. The highest BCUT2D eigenvalue weighted by atomic mass is 16.5. The van der Waals surface area contributed by atoms with E-state index in [1.807, 2.05) is 19.2 Å². The zero-order chi connectivity index (χ0) is 17.9. The van der Waals surface area contributed by atoms with Gasteiger partial charge in [-0.2, -0.15) is 0 Å². The van der Waals surface area contributed by atoms with E-state index in [-0.39, 0.29) is 11.5 Å². The molecule has 3 N–H and O–H groups in total. The Morgan fingerprint density at radius 3 is 2.85 bits per heavy atom. The van der Waals surface area contributed by atoms with Gasteiger partial charge in [-0.3, -0.25) is 0 Å². The van der Waals surface area contributed by atoms with E-state index in [0.29, 0.717) is 24.0 Å². The number of H-pyrrole nitrogens is 1. The second-order valence-corrected chi connectivity index (χ2v) is 8.60. The lowest BCUT2D eigenvalue weighted by molar-refractivity contribution is -0.127. The Bertz CT molecular complexity index is 860. The number of hydrogen-bond donors (Lipinski definition) is 3. The van der Waals surface area contributed by atoms with Crippen molar-refractivity contribution in [2.75, 3.05) is 11.9 Å². The molecule has 0 spiro atoms. The number of aromatic nitrogens is 2. The molecule has 6 heteroatoms. The van der Waals surface area contributed by atoms with E-state index >= 15 is 0 Å². The predicted molar refractivity (Wildman–Crippen MR) is 98.0 cm³/mol. The number of nitrogens with one attached hydrogen (secondary N) is 2. The molecule has 2 heterocycles. The number of esters is 1. The Morgan fingerprint density at radius 2 is 2.15 bits per heavy atom. The number of fused-ring (bicyclic) bond motifs is 1. The molecule has 138 valence electrons. The quantitative estimate of drug-likeness (QED) is 0.733. The highest BCUT2D eigenvalue weighted by Gasteiger charge is 2.57. The second-order valence-electron chi connectivity index (χ2n) is 8.60. The molecule has 0 saturated heterocycles. The Hall–Kier alpha value is -2.08. The summed E-state index contributed by atoms with van der Waals surface area (Å²) in [5, 5.41) is 15.7. The third kappa shape index (κ3) is 2.42. The summed E-state index contributed by atoms with van der Waals surface area (Å²) in [4.78, 5) is 20.0. The average molecular weight is 355 g/mol. The average Bonchev–Trinajstić information content (AvgIpc) is 3.01. The van der Waals surface area contributed by atoms with Crippen molar-refractivity contribution in [2.24, 2.45) is 11.8 Å². The van der Waals surface area contributed by atoms with Crippen molar-refractivity contribution in [2.45, 2.75) is 56.6 Å². The number of aromatic amines is 1. The van der Waals surface area contributed by atoms with Gasteiger partial charge in [0.05, 0.1) is 17.9 Å². The first-order chi connectivity index (χ1) is 12.5. The highest BCUT2D eigenvalue weighted by Crippen LogP contribution is 2.58. The minimum Gasteiger partial charge on any atom is -0.462 e. The van der Waals surface area contributed by atoms with Crippen molar-refractivity contribution >= 4 is 22.7 Å². The maximum absolute atomic E-state index is 12.5. The van der Waals surface area contributed by atoms with Crippen LogP contribution in [0.5, 0.6) is 0 Å². The van der Waals surface area contributed by atoms with E-state index in [9.17, 15) is 9.90 Å². The summed E-state index contributed by atoms with van der Waals surface area (Å²) in [6.45, 7) is 2.14. The summed E-state index contributed by atoms with van der Waals surface area (Å²) in [6.07, 6.45) is 9.38. The molecule has 4 aliphatic rings. The Labute approximate surface area is 152 Å². The molecule has 2 unspecified atom stereocenters. The van der Waals surface area contributed by atoms with Gasteiger partial charge in [0, 0.05) is 23.3 Å². The number of aliphatic hydroxyl groups is 1. The Morgan fingerprint density at radius 1 is 1.38 bits per heavy atom. The van der Waals surface area contributed by atoms with Crippen molar-refractivity contribution in [3.63, 3.8) is 0 Å². The Kier molecular flexibility index (Phi) is 3.38. The van der Waals surface area contributed by atoms with Crippen LogP contribution in [0.25, 0.3) is 11.0 Å². The first kappa shape index (κ1) is 16.1. The molecule has 6 rings (SSSR count). The molecular weight excluding hydrogens is 330 g/mol. The fourth-order valence-electron chi connectivity index (χ4n) is 6.13. The van der Waals surface area contributed by atoms with E-state index in [1.165, 1.54) is 6.42 Å². The van der Waals surface area contributed by atoms with Crippen molar-refractivity contribution in [3.8, 4) is 0 Å². The standard InChI is InChI=1S/C20H25N3O3/c1-2-26-18(24)15-10-22-17-14(3-4-21-17)16(15)23-19-6-12-5-13(7-19)9-20(25,8-12)11-19/h3-4,10,12-13,25H,2,5-9,11H2,1H3,(H2,21,22,23). The maximum atomic E-state index is 12.5. The van der Waals surface area contributed by atoms with Gasteiger partial charge in [-0.05, 0) is 63.4 Å². The van der Waals surface area contributed by atoms with E-state index in [2.05, 4.69) is 15.3 Å². The third-order valence-corrected chi connectivity index (χ3v) is 6.50. The highest BCUT2D eigenvalue weighted by molar-refractivity contribution is 6.04. The van der Waals surface area contributed by atoms with E-state index in [4.69, 9.17) is 4.74 Å². The summed E-state index contributed by atoms with van der Waals surface area (Å²) in [5.41, 5.74) is 1.32. The van der Waals surface area contributed by atoms with Crippen molar-refractivity contribution in [3.05, 3.63) is 24.0 Å². The summed E-state index contributed by atoms with van der Waals surface area (Å²) >= 11 is 0. The molecule has 2 atom stereocenters. The molecule has 4 aliphatic carbocycles. The second kappa shape index (κ2) is 5.46. The molecule has 6 nitrogen and oxygen atoms in total. The minimum absolute atomic E-state index is 0.147. The van der Waals surface area contributed by atoms with Crippen LogP contribution in [0.1, 0.15) is 55.8 Å². The zero-order valence-electron chi connectivity index (χ0n) is 15.0. The monoisotopic (exact) mass is 355 g/mol. The third-order valence-electron chi connectivity index (χ3n) is 6.50. The van der Waals surface area contributed by atoms with Gasteiger partial charge in [-0.25, -0.2) is 9.78 Å². The molecule has 0 aliphatic heterocycles. The smallest absolute Gasteiger partial charge is 0.341 e. The van der Waals surface area contributed by atoms with Gasteiger partial charge in [-0.1, -0.05) is 0 Å². The van der Waals surface area contributed by atoms with Gasteiger partial charge in [0.25, 0.3) is 0 Å². The predicted octanol–water partition coefficient (Wildman–Crippen LogP) is 3.24. The molecule has 0 amide bonds. The van der Waals surface area contributed by atoms with Crippen LogP contribution in [0.15, 0.2) is 18.5 Å². The topological polar surface area (TPSA) is 87.2 Å². The molecular formula is C20H25N3O3. The number of anilines is 1. The summed E-state index contributed by atoms with van der Waals surface area (Å²) in [5.74, 6) is 0.792. The first-order valence-corrected chi connectivity index (χ1v) is 9.63. The van der Waals surface area contributed by atoms with Crippen LogP contribution in [0, 0.1) is 11.8 Å². The summed E-state index contributed by atoms with van der Waals surface area (Å²) < 4.78 is 5.26. The summed E-state index contributed by atoms with van der Waals surface area (Å²) in [7, 11) is 0. The van der Waals surface area contributed by atoms with Gasteiger partial charge in [0.15, 0.2) is 0 Å². The fraction of sp³-hybridized carbons (Fsp3) is 0.600. The van der Waals surface area contributed by atoms with Gasteiger partial charge in [0.2, 0.25) is 0 Å². The number of ether oxygens (including phenoxy) is 1. The van der Waals surface area contributed by atoms with Crippen LogP contribution in [-0.2, 0) is 4.74 Å². The largest absolute Gasteiger partial charge is 0.462 e. The maximum Gasteiger partial charge on any atom is 0.341 e. The number of carbonyl (C=O) groups excluding carboxylic acids is 1. The number of carbonyl (C=O) groups is 1. The fourth-order valence-corrected chi connectivity index (χ4v) is 6.13. The molecule has 2 aromatic heterocycles. The lowest BCUT2D eigenvalue weighted by Crippen LogP contribution is -2.62. The minimum atomic E-state index is -0.550. The van der Waals surface area contributed by atoms with Crippen LogP contribution < -0.4 is 5.32 Å². The number of rotatable bonds is 4. The van der Waals surface area contributed by atoms with Crippen LogP contribution >= 0.6 is 0 Å². The number of pyridine rings is 1. The van der Waals surface area contributed by atoms with Crippen molar-refractivity contribution in [1.82, 2.24) is 9.97 Å². The molecule has 0 aromatic carbocycles.